The number of aromatic hydroxyl groups is 1. The third-order valence-corrected chi connectivity index (χ3v) is 5.13. The topological polar surface area (TPSA) is 75.6 Å². The summed E-state index contributed by atoms with van der Waals surface area (Å²) in [4.78, 5) is 0.162. The zero-order valence-electron chi connectivity index (χ0n) is 13.8. The fourth-order valence-electron chi connectivity index (χ4n) is 2.60. The maximum Gasteiger partial charge on any atom is 0.262 e. The molecule has 3 aromatic carbocycles. The zero-order chi connectivity index (χ0) is 17.9. The monoisotopic (exact) mass is 357 g/mol. The van der Waals surface area contributed by atoms with Crippen molar-refractivity contribution in [2.75, 3.05) is 11.3 Å². The molecule has 0 amide bonds. The first-order valence-corrected chi connectivity index (χ1v) is 9.46. The van der Waals surface area contributed by atoms with Gasteiger partial charge in [0.05, 0.1) is 17.2 Å². The summed E-state index contributed by atoms with van der Waals surface area (Å²) >= 11 is 0. The molecule has 0 aromatic heterocycles. The molecule has 5 nitrogen and oxygen atoms in total. The molecule has 0 atom stereocenters. The van der Waals surface area contributed by atoms with Crippen LogP contribution in [0.15, 0.2) is 65.6 Å². The number of rotatable bonds is 6. The maximum absolute atomic E-state index is 12.8. The number of hydrogen-bond acceptors (Lipinski definition) is 4. The first-order chi connectivity index (χ1) is 12.0. The third-order valence-electron chi connectivity index (χ3n) is 3.69. The van der Waals surface area contributed by atoms with E-state index in [9.17, 15) is 13.5 Å². The number of ether oxygens (including phenoxy) is 1. The molecule has 25 heavy (non-hydrogen) atoms. The Balaban J connectivity index is 2.06. The van der Waals surface area contributed by atoms with Crippen LogP contribution >= 0.6 is 0 Å². The van der Waals surface area contributed by atoms with Crippen LogP contribution in [0.25, 0.3) is 10.8 Å². The lowest BCUT2D eigenvalue weighted by Crippen LogP contribution is -2.13. The Morgan fingerprint density at radius 3 is 2.48 bits per heavy atom. The molecular weight excluding hydrogens is 338 g/mol. The van der Waals surface area contributed by atoms with Crippen molar-refractivity contribution in [3.05, 3.63) is 60.7 Å². The number of nitrogens with one attached hydrogen (secondary N) is 1. The molecule has 0 unspecified atom stereocenters. The number of phenolic OH excluding ortho intramolecular Hbond substituents is 1. The zero-order valence-corrected chi connectivity index (χ0v) is 14.6. The minimum atomic E-state index is -3.81. The van der Waals surface area contributed by atoms with Gasteiger partial charge in [0.1, 0.15) is 11.5 Å². The minimum Gasteiger partial charge on any atom is -0.508 e. The van der Waals surface area contributed by atoms with E-state index in [1.165, 1.54) is 12.1 Å². The van der Waals surface area contributed by atoms with Crippen LogP contribution in [0.2, 0.25) is 0 Å². The number of sulfonamides is 1. The van der Waals surface area contributed by atoms with E-state index >= 15 is 0 Å². The number of anilines is 1. The second kappa shape index (κ2) is 7.03. The Hall–Kier alpha value is -2.73. The summed E-state index contributed by atoms with van der Waals surface area (Å²) in [6.45, 7) is 2.58. The van der Waals surface area contributed by atoms with Gasteiger partial charge in [-0.1, -0.05) is 37.3 Å². The summed E-state index contributed by atoms with van der Waals surface area (Å²) < 4.78 is 33.9. The van der Waals surface area contributed by atoms with Crippen molar-refractivity contribution in [3.8, 4) is 11.5 Å². The smallest absolute Gasteiger partial charge is 0.262 e. The number of benzene rings is 3. The standard InChI is InChI=1S/C19H19NO4S/c1-2-12-24-18-10-11-19(17-9-4-3-8-16(17)18)25(22,23)20-14-6-5-7-15(21)13-14/h3-11,13,20-21H,2,12H2,1H3. The highest BCUT2D eigenvalue weighted by Gasteiger charge is 2.19. The van der Waals surface area contributed by atoms with Gasteiger partial charge in [-0.3, -0.25) is 4.72 Å². The lowest BCUT2D eigenvalue weighted by atomic mass is 10.1. The van der Waals surface area contributed by atoms with Crippen molar-refractivity contribution >= 4 is 26.5 Å². The molecule has 3 rings (SSSR count). The van der Waals surface area contributed by atoms with Crippen molar-refractivity contribution in [1.82, 2.24) is 0 Å². The van der Waals surface area contributed by atoms with Gasteiger partial charge in [-0.25, -0.2) is 8.42 Å². The Morgan fingerprint density at radius 1 is 1.00 bits per heavy atom. The molecule has 0 bridgehead atoms. The molecule has 0 aliphatic heterocycles. The van der Waals surface area contributed by atoms with Crippen LogP contribution in [0, 0.1) is 0 Å². The van der Waals surface area contributed by atoms with Crippen LogP contribution in [0.4, 0.5) is 5.69 Å². The first kappa shape index (κ1) is 17.1. The van der Waals surface area contributed by atoms with E-state index in [0.29, 0.717) is 23.4 Å². The van der Waals surface area contributed by atoms with Gasteiger partial charge in [-0.2, -0.15) is 0 Å². The van der Waals surface area contributed by atoms with Crippen molar-refractivity contribution < 1.29 is 18.3 Å². The highest BCUT2D eigenvalue weighted by atomic mass is 32.2. The Bertz CT molecular complexity index is 999. The van der Waals surface area contributed by atoms with Crippen molar-refractivity contribution in [2.45, 2.75) is 18.2 Å². The molecule has 2 N–H and O–H groups in total. The van der Waals surface area contributed by atoms with Crippen LogP contribution in [0.1, 0.15) is 13.3 Å². The molecule has 6 heteroatoms. The minimum absolute atomic E-state index is 0.00614. The van der Waals surface area contributed by atoms with E-state index in [2.05, 4.69) is 4.72 Å². The number of fused-ring (bicyclic) bond motifs is 1. The van der Waals surface area contributed by atoms with Gasteiger partial charge >= 0.3 is 0 Å². The average molecular weight is 357 g/mol. The van der Waals surface area contributed by atoms with Crippen LogP contribution in [-0.4, -0.2) is 20.1 Å². The molecule has 0 fully saturated rings. The first-order valence-electron chi connectivity index (χ1n) is 7.97. The predicted octanol–water partition coefficient (Wildman–Crippen LogP) is 4.14. The molecule has 3 aromatic rings. The molecule has 0 spiro atoms. The molecule has 0 heterocycles. The summed E-state index contributed by atoms with van der Waals surface area (Å²) in [7, 11) is -3.81. The lowest BCUT2D eigenvalue weighted by molar-refractivity contribution is 0.321. The summed E-state index contributed by atoms with van der Waals surface area (Å²) in [5.74, 6) is 0.655. The maximum atomic E-state index is 12.8. The molecule has 0 aliphatic carbocycles. The largest absolute Gasteiger partial charge is 0.508 e. The van der Waals surface area contributed by atoms with Crippen LogP contribution < -0.4 is 9.46 Å². The van der Waals surface area contributed by atoms with Gasteiger partial charge in [-0.05, 0) is 30.7 Å². The molecule has 0 saturated heterocycles. The van der Waals surface area contributed by atoms with E-state index in [1.807, 2.05) is 19.1 Å². The fourth-order valence-corrected chi connectivity index (χ4v) is 3.86. The fraction of sp³-hybridized carbons (Fsp3) is 0.158. The molecular formula is C19H19NO4S. The van der Waals surface area contributed by atoms with E-state index in [-0.39, 0.29) is 10.6 Å². The van der Waals surface area contributed by atoms with E-state index < -0.39 is 10.0 Å². The third kappa shape index (κ3) is 3.69. The van der Waals surface area contributed by atoms with Crippen LogP contribution in [0.3, 0.4) is 0 Å². The van der Waals surface area contributed by atoms with Gasteiger partial charge in [0.25, 0.3) is 10.0 Å². The summed E-state index contributed by atoms with van der Waals surface area (Å²) in [6.07, 6.45) is 0.868. The van der Waals surface area contributed by atoms with Gasteiger partial charge in [0.15, 0.2) is 0 Å². The van der Waals surface area contributed by atoms with Crippen molar-refractivity contribution in [2.24, 2.45) is 0 Å². The van der Waals surface area contributed by atoms with Crippen molar-refractivity contribution in [3.63, 3.8) is 0 Å². The highest BCUT2D eigenvalue weighted by molar-refractivity contribution is 7.93. The Kier molecular flexibility index (Phi) is 4.81. The number of phenols is 1. The van der Waals surface area contributed by atoms with Crippen LogP contribution in [0.5, 0.6) is 11.5 Å². The molecule has 130 valence electrons. The quantitative estimate of drug-likeness (QED) is 0.695. The molecule has 0 saturated carbocycles. The van der Waals surface area contributed by atoms with E-state index in [0.717, 1.165) is 11.8 Å². The van der Waals surface area contributed by atoms with Gasteiger partial charge in [0.2, 0.25) is 0 Å². The summed E-state index contributed by atoms with van der Waals surface area (Å²) in [5, 5.41) is 10.9. The highest BCUT2D eigenvalue weighted by Crippen LogP contribution is 2.32. The predicted molar refractivity (Wildman–Crippen MR) is 98.6 cm³/mol. The number of hydrogen-bond donors (Lipinski definition) is 2. The van der Waals surface area contributed by atoms with E-state index in [4.69, 9.17) is 4.74 Å². The molecule has 0 aliphatic rings. The Morgan fingerprint density at radius 2 is 1.76 bits per heavy atom. The normalized spacial score (nSPS) is 11.4. The van der Waals surface area contributed by atoms with Gasteiger partial charge < -0.3 is 9.84 Å². The van der Waals surface area contributed by atoms with Crippen molar-refractivity contribution in [1.29, 1.82) is 0 Å². The lowest BCUT2D eigenvalue weighted by Gasteiger charge is -2.14. The second-order valence-electron chi connectivity index (χ2n) is 5.61. The molecule has 0 radical (unpaired) electrons. The van der Waals surface area contributed by atoms with Gasteiger partial charge in [-0.15, -0.1) is 0 Å². The Labute approximate surface area is 146 Å². The summed E-state index contributed by atoms with van der Waals surface area (Å²) in [5.41, 5.74) is 0.301. The van der Waals surface area contributed by atoms with Crippen LogP contribution in [-0.2, 0) is 10.0 Å². The van der Waals surface area contributed by atoms with E-state index in [1.54, 1.807) is 36.4 Å². The second-order valence-corrected chi connectivity index (χ2v) is 7.26. The van der Waals surface area contributed by atoms with Gasteiger partial charge in [0, 0.05) is 16.8 Å². The average Bonchev–Trinajstić information content (AvgIpc) is 2.59. The SMILES string of the molecule is CCCOc1ccc(S(=O)(=O)Nc2cccc(O)c2)c2ccccc12. The summed E-state index contributed by atoms with van der Waals surface area (Å²) in [6, 6.07) is 16.4.